The molecule has 0 radical (unpaired) electrons. The van der Waals surface area contributed by atoms with Gasteiger partial charge in [0.1, 0.15) is 5.82 Å². The molecular weight excluding hydrogens is 243 g/mol. The Morgan fingerprint density at radius 2 is 1.78 bits per heavy atom. The molecule has 0 fully saturated rings. The first-order valence-corrected chi connectivity index (χ1v) is 6.86. The highest BCUT2D eigenvalue weighted by Gasteiger charge is 2.11. The van der Waals surface area contributed by atoms with Crippen LogP contribution in [0.3, 0.4) is 0 Å². The van der Waals surface area contributed by atoms with Crippen LogP contribution < -0.4 is 0 Å². The summed E-state index contributed by atoms with van der Waals surface area (Å²) in [6, 6.07) is 11.4. The van der Waals surface area contributed by atoms with Gasteiger partial charge in [-0.3, -0.25) is 0 Å². The second kappa shape index (κ2) is 4.62. The van der Waals surface area contributed by atoms with Crippen LogP contribution in [0, 0.1) is 5.82 Å². The van der Waals surface area contributed by atoms with E-state index >= 15 is 0 Å². The van der Waals surface area contributed by atoms with Crippen LogP contribution in [0.1, 0.15) is 23.6 Å². The van der Waals surface area contributed by atoms with Gasteiger partial charge >= 0.3 is 0 Å². The molecular formula is C16H13FS. The Balaban J connectivity index is 2.11. The van der Waals surface area contributed by atoms with Crippen LogP contribution in [-0.2, 0) is 6.42 Å². The summed E-state index contributed by atoms with van der Waals surface area (Å²) < 4.78 is 13.3. The summed E-state index contributed by atoms with van der Waals surface area (Å²) in [5.74, 6) is -0.178. The fourth-order valence-corrected chi connectivity index (χ4v) is 3.12. The van der Waals surface area contributed by atoms with E-state index in [-0.39, 0.29) is 5.82 Å². The SMILES string of the molecule is CCc1ccc2c(c1)C=Cc1ccc(F)cc1S2. The van der Waals surface area contributed by atoms with Crippen molar-refractivity contribution in [3.63, 3.8) is 0 Å². The Morgan fingerprint density at radius 3 is 2.61 bits per heavy atom. The van der Waals surface area contributed by atoms with E-state index in [1.54, 1.807) is 17.8 Å². The lowest BCUT2D eigenvalue weighted by Crippen LogP contribution is -1.84. The van der Waals surface area contributed by atoms with Crippen molar-refractivity contribution >= 4 is 23.9 Å². The maximum absolute atomic E-state index is 13.3. The summed E-state index contributed by atoms with van der Waals surface area (Å²) in [7, 11) is 0. The molecule has 0 saturated carbocycles. The fourth-order valence-electron chi connectivity index (χ4n) is 2.07. The molecule has 2 aromatic carbocycles. The van der Waals surface area contributed by atoms with E-state index in [2.05, 4.69) is 37.3 Å². The molecule has 0 atom stereocenters. The van der Waals surface area contributed by atoms with E-state index in [9.17, 15) is 4.39 Å². The van der Waals surface area contributed by atoms with Gasteiger partial charge in [0, 0.05) is 9.79 Å². The Labute approximate surface area is 111 Å². The summed E-state index contributed by atoms with van der Waals surface area (Å²) in [5, 5.41) is 0. The molecule has 0 amide bonds. The van der Waals surface area contributed by atoms with Crippen molar-refractivity contribution in [2.24, 2.45) is 0 Å². The minimum atomic E-state index is -0.178. The zero-order valence-electron chi connectivity index (χ0n) is 10.1. The Bertz CT molecular complexity index is 629. The highest BCUT2D eigenvalue weighted by molar-refractivity contribution is 7.99. The third-order valence-corrected chi connectivity index (χ3v) is 4.29. The molecule has 2 aromatic rings. The maximum Gasteiger partial charge on any atom is 0.124 e. The van der Waals surface area contributed by atoms with Gasteiger partial charge in [0.2, 0.25) is 0 Å². The molecule has 0 nitrogen and oxygen atoms in total. The van der Waals surface area contributed by atoms with E-state index in [0.717, 1.165) is 16.9 Å². The average Bonchev–Trinajstić information content (AvgIpc) is 2.56. The third kappa shape index (κ3) is 2.08. The monoisotopic (exact) mass is 256 g/mol. The number of benzene rings is 2. The van der Waals surface area contributed by atoms with E-state index in [1.165, 1.54) is 22.1 Å². The molecule has 3 rings (SSSR count). The predicted molar refractivity (Wildman–Crippen MR) is 75.3 cm³/mol. The number of rotatable bonds is 1. The van der Waals surface area contributed by atoms with Gasteiger partial charge in [0.25, 0.3) is 0 Å². The highest BCUT2D eigenvalue weighted by Crippen LogP contribution is 2.37. The molecule has 0 saturated heterocycles. The zero-order valence-corrected chi connectivity index (χ0v) is 10.9. The van der Waals surface area contributed by atoms with Gasteiger partial charge in [-0.1, -0.05) is 49.0 Å². The van der Waals surface area contributed by atoms with Crippen LogP contribution in [0.4, 0.5) is 4.39 Å². The van der Waals surface area contributed by atoms with Crippen molar-refractivity contribution in [3.8, 4) is 0 Å². The molecule has 2 heteroatoms. The lowest BCUT2D eigenvalue weighted by atomic mass is 10.1. The van der Waals surface area contributed by atoms with Crippen LogP contribution in [0.2, 0.25) is 0 Å². The van der Waals surface area contributed by atoms with E-state index in [1.807, 2.05) is 6.07 Å². The summed E-state index contributed by atoms with van der Waals surface area (Å²) in [4.78, 5) is 2.17. The fraction of sp³-hybridized carbons (Fsp3) is 0.125. The Kier molecular flexibility index (Phi) is 2.96. The number of aryl methyl sites for hydroxylation is 1. The molecule has 18 heavy (non-hydrogen) atoms. The second-order valence-corrected chi connectivity index (χ2v) is 5.43. The van der Waals surface area contributed by atoms with Gasteiger partial charge < -0.3 is 0 Å². The lowest BCUT2D eigenvalue weighted by Gasteiger charge is -2.07. The van der Waals surface area contributed by atoms with E-state index in [4.69, 9.17) is 0 Å². The van der Waals surface area contributed by atoms with Crippen molar-refractivity contribution in [2.45, 2.75) is 23.1 Å². The summed E-state index contributed by atoms with van der Waals surface area (Å²) in [6.07, 6.45) is 5.21. The molecule has 0 N–H and O–H groups in total. The van der Waals surface area contributed by atoms with Gasteiger partial charge in [-0.15, -0.1) is 0 Å². The van der Waals surface area contributed by atoms with Crippen LogP contribution >= 0.6 is 11.8 Å². The third-order valence-electron chi connectivity index (χ3n) is 3.12. The smallest absolute Gasteiger partial charge is 0.124 e. The zero-order chi connectivity index (χ0) is 12.5. The minimum absolute atomic E-state index is 0.178. The molecule has 90 valence electrons. The van der Waals surface area contributed by atoms with E-state index < -0.39 is 0 Å². The average molecular weight is 256 g/mol. The number of halogens is 1. The molecule has 1 aliphatic rings. The first-order chi connectivity index (χ1) is 8.76. The van der Waals surface area contributed by atoms with Crippen molar-refractivity contribution in [1.82, 2.24) is 0 Å². The summed E-state index contributed by atoms with van der Waals surface area (Å²) in [5.41, 5.74) is 3.63. The Hall–Kier alpha value is -1.54. The highest BCUT2D eigenvalue weighted by atomic mass is 32.2. The van der Waals surface area contributed by atoms with Crippen molar-refractivity contribution in [1.29, 1.82) is 0 Å². The first-order valence-electron chi connectivity index (χ1n) is 6.04. The largest absolute Gasteiger partial charge is 0.207 e. The standard InChI is InChI=1S/C16H13FS/c1-2-11-3-8-15-13(9-11)5-4-12-6-7-14(17)10-16(12)18-15/h3-10H,2H2,1H3. The minimum Gasteiger partial charge on any atom is -0.207 e. The topological polar surface area (TPSA) is 0 Å². The van der Waals surface area contributed by atoms with Crippen LogP contribution in [0.5, 0.6) is 0 Å². The molecule has 0 aromatic heterocycles. The normalized spacial score (nSPS) is 12.8. The van der Waals surface area contributed by atoms with Gasteiger partial charge in [-0.05, 0) is 41.3 Å². The number of fused-ring (bicyclic) bond motifs is 2. The molecule has 1 heterocycles. The molecule has 0 aliphatic carbocycles. The molecule has 1 aliphatic heterocycles. The van der Waals surface area contributed by atoms with Gasteiger partial charge in [-0.25, -0.2) is 4.39 Å². The maximum atomic E-state index is 13.3. The van der Waals surface area contributed by atoms with Crippen molar-refractivity contribution in [2.75, 3.05) is 0 Å². The quantitative estimate of drug-likeness (QED) is 0.589. The molecule has 0 unspecified atom stereocenters. The predicted octanol–water partition coefficient (Wildman–Crippen LogP) is 5.02. The van der Waals surface area contributed by atoms with Crippen LogP contribution in [0.15, 0.2) is 46.2 Å². The number of hydrogen-bond acceptors (Lipinski definition) is 1. The Morgan fingerprint density at radius 1 is 0.944 bits per heavy atom. The van der Waals surface area contributed by atoms with Crippen LogP contribution in [0.25, 0.3) is 12.2 Å². The van der Waals surface area contributed by atoms with Gasteiger partial charge in [0.15, 0.2) is 0 Å². The van der Waals surface area contributed by atoms with Crippen molar-refractivity contribution in [3.05, 3.63) is 58.9 Å². The van der Waals surface area contributed by atoms with Crippen molar-refractivity contribution < 1.29 is 4.39 Å². The lowest BCUT2D eigenvalue weighted by molar-refractivity contribution is 0.624. The first kappa shape index (κ1) is 11.5. The number of hydrogen-bond donors (Lipinski definition) is 0. The molecule has 0 spiro atoms. The summed E-state index contributed by atoms with van der Waals surface area (Å²) in [6.45, 7) is 2.15. The second-order valence-electron chi connectivity index (χ2n) is 4.34. The summed E-state index contributed by atoms with van der Waals surface area (Å²) >= 11 is 1.63. The van der Waals surface area contributed by atoms with Crippen LogP contribution in [-0.4, -0.2) is 0 Å². The van der Waals surface area contributed by atoms with E-state index in [0.29, 0.717) is 0 Å². The molecule has 0 bridgehead atoms. The van der Waals surface area contributed by atoms with Gasteiger partial charge in [0.05, 0.1) is 0 Å². The van der Waals surface area contributed by atoms with Gasteiger partial charge in [-0.2, -0.15) is 0 Å².